The molecular weight excluding hydrogens is 154 g/mol. The number of methoxy groups -OCH3 is 1. The molecule has 0 unspecified atom stereocenters. The van der Waals surface area contributed by atoms with E-state index in [1.807, 2.05) is 19.2 Å². The fourth-order valence-electron chi connectivity index (χ4n) is 0.637. The van der Waals surface area contributed by atoms with Gasteiger partial charge in [-0.1, -0.05) is 6.08 Å². The van der Waals surface area contributed by atoms with Crippen molar-refractivity contribution in [1.29, 1.82) is 0 Å². The van der Waals surface area contributed by atoms with E-state index in [1.165, 1.54) is 0 Å². The SMILES string of the molecule is CN/C=C\C(C=CO)=C/COC. The Kier molecular flexibility index (Phi) is 7.08. The van der Waals surface area contributed by atoms with Gasteiger partial charge < -0.3 is 15.2 Å². The predicted octanol–water partition coefficient (Wildman–Crippen LogP) is 1.36. The van der Waals surface area contributed by atoms with Crippen molar-refractivity contribution in [3.63, 3.8) is 0 Å². The van der Waals surface area contributed by atoms with Crippen molar-refractivity contribution in [2.24, 2.45) is 0 Å². The molecule has 2 N–H and O–H groups in total. The molecule has 0 radical (unpaired) electrons. The summed E-state index contributed by atoms with van der Waals surface area (Å²) in [6.45, 7) is 0.535. The minimum Gasteiger partial charge on any atom is -0.516 e. The third kappa shape index (κ3) is 5.56. The summed E-state index contributed by atoms with van der Waals surface area (Å²) in [6, 6.07) is 0. The molecule has 12 heavy (non-hydrogen) atoms. The van der Waals surface area contributed by atoms with E-state index in [9.17, 15) is 0 Å². The Hall–Kier alpha value is -1.22. The molecule has 0 bridgehead atoms. The van der Waals surface area contributed by atoms with E-state index in [2.05, 4.69) is 5.32 Å². The van der Waals surface area contributed by atoms with Crippen LogP contribution in [0.1, 0.15) is 0 Å². The maximum atomic E-state index is 8.52. The lowest BCUT2D eigenvalue weighted by atomic mass is 10.2. The van der Waals surface area contributed by atoms with Crippen LogP contribution in [-0.2, 0) is 4.74 Å². The number of ether oxygens (including phenoxy) is 1. The molecule has 0 aromatic rings. The monoisotopic (exact) mass is 169 g/mol. The van der Waals surface area contributed by atoms with E-state index in [-0.39, 0.29) is 0 Å². The molecule has 0 aromatic heterocycles. The number of nitrogens with one attached hydrogen (secondary N) is 1. The van der Waals surface area contributed by atoms with Crippen molar-refractivity contribution in [1.82, 2.24) is 5.32 Å². The van der Waals surface area contributed by atoms with Crippen LogP contribution < -0.4 is 5.32 Å². The Morgan fingerprint density at radius 3 is 2.75 bits per heavy atom. The molecule has 0 rings (SSSR count). The normalized spacial score (nSPS) is 13.0. The standard InChI is InChI=1S/C9H15NO2/c1-10-6-3-9(4-7-11)5-8-12-2/h3-7,10-11H,8H2,1-2H3/b6-3-,7-4?,9-5+. The summed E-state index contributed by atoms with van der Waals surface area (Å²) in [7, 11) is 3.44. The maximum absolute atomic E-state index is 8.52. The first-order chi connectivity index (χ1) is 5.85. The van der Waals surface area contributed by atoms with Gasteiger partial charge in [-0.3, -0.25) is 0 Å². The molecule has 3 nitrogen and oxygen atoms in total. The quantitative estimate of drug-likeness (QED) is 0.482. The van der Waals surface area contributed by atoms with E-state index in [0.717, 1.165) is 11.8 Å². The first kappa shape index (κ1) is 10.8. The van der Waals surface area contributed by atoms with Crippen molar-refractivity contribution in [2.45, 2.75) is 0 Å². The molecule has 68 valence electrons. The van der Waals surface area contributed by atoms with Gasteiger partial charge >= 0.3 is 0 Å². The smallest absolute Gasteiger partial charge is 0.0797 e. The van der Waals surface area contributed by atoms with E-state index >= 15 is 0 Å². The number of hydrogen-bond acceptors (Lipinski definition) is 3. The zero-order chi connectivity index (χ0) is 9.23. The maximum Gasteiger partial charge on any atom is 0.0797 e. The van der Waals surface area contributed by atoms with Crippen LogP contribution in [0.2, 0.25) is 0 Å². The molecule has 0 aliphatic heterocycles. The number of allylic oxidation sites excluding steroid dienone is 3. The van der Waals surface area contributed by atoms with Gasteiger partial charge in [0.1, 0.15) is 0 Å². The summed E-state index contributed by atoms with van der Waals surface area (Å²) in [5.74, 6) is 0. The number of aliphatic hydroxyl groups is 1. The van der Waals surface area contributed by atoms with Crippen LogP contribution in [0.4, 0.5) is 0 Å². The van der Waals surface area contributed by atoms with Crippen molar-refractivity contribution < 1.29 is 9.84 Å². The summed E-state index contributed by atoms with van der Waals surface area (Å²) in [5, 5.41) is 11.4. The van der Waals surface area contributed by atoms with Crippen LogP contribution in [-0.4, -0.2) is 25.9 Å². The lowest BCUT2D eigenvalue weighted by molar-refractivity contribution is 0.233. The van der Waals surface area contributed by atoms with Gasteiger partial charge in [-0.2, -0.15) is 0 Å². The van der Waals surface area contributed by atoms with Gasteiger partial charge in [-0.25, -0.2) is 0 Å². The Bertz CT molecular complexity index is 183. The van der Waals surface area contributed by atoms with E-state index < -0.39 is 0 Å². The minimum absolute atomic E-state index is 0.535. The van der Waals surface area contributed by atoms with Gasteiger partial charge in [0.2, 0.25) is 0 Å². The molecule has 0 aliphatic carbocycles. The zero-order valence-corrected chi connectivity index (χ0v) is 7.45. The lowest BCUT2D eigenvalue weighted by Gasteiger charge is -1.94. The van der Waals surface area contributed by atoms with Gasteiger partial charge in [-0.15, -0.1) is 0 Å². The first-order valence-corrected chi connectivity index (χ1v) is 3.68. The van der Waals surface area contributed by atoms with Crippen LogP contribution in [0, 0.1) is 0 Å². The highest BCUT2D eigenvalue weighted by molar-refractivity contribution is 5.29. The summed E-state index contributed by atoms with van der Waals surface area (Å²) >= 11 is 0. The van der Waals surface area contributed by atoms with Gasteiger partial charge in [-0.05, 0) is 23.9 Å². The Morgan fingerprint density at radius 1 is 1.50 bits per heavy atom. The van der Waals surface area contributed by atoms with Crippen LogP contribution in [0.15, 0.2) is 36.3 Å². The third-order valence-corrected chi connectivity index (χ3v) is 1.20. The Morgan fingerprint density at radius 2 is 2.25 bits per heavy atom. The van der Waals surface area contributed by atoms with E-state index in [0.29, 0.717) is 6.61 Å². The van der Waals surface area contributed by atoms with Crippen LogP contribution in [0.25, 0.3) is 0 Å². The van der Waals surface area contributed by atoms with E-state index in [1.54, 1.807) is 19.4 Å². The van der Waals surface area contributed by atoms with Crippen molar-refractivity contribution in [3.05, 3.63) is 36.3 Å². The largest absolute Gasteiger partial charge is 0.516 e. The first-order valence-electron chi connectivity index (χ1n) is 3.68. The summed E-state index contributed by atoms with van der Waals surface area (Å²) in [6.07, 6.45) is 8.07. The zero-order valence-electron chi connectivity index (χ0n) is 7.45. The molecule has 0 amide bonds. The molecule has 0 aromatic carbocycles. The Labute approximate surface area is 73.0 Å². The summed E-state index contributed by atoms with van der Waals surface area (Å²) < 4.78 is 4.85. The predicted molar refractivity (Wildman–Crippen MR) is 49.9 cm³/mol. The second-order valence-electron chi connectivity index (χ2n) is 2.10. The number of rotatable bonds is 5. The highest BCUT2D eigenvalue weighted by Gasteiger charge is 1.84. The van der Waals surface area contributed by atoms with Crippen molar-refractivity contribution in [2.75, 3.05) is 20.8 Å². The van der Waals surface area contributed by atoms with Gasteiger partial charge in [0.05, 0.1) is 12.9 Å². The van der Waals surface area contributed by atoms with Crippen LogP contribution >= 0.6 is 0 Å². The van der Waals surface area contributed by atoms with Crippen LogP contribution in [0.3, 0.4) is 0 Å². The molecule has 0 heterocycles. The molecule has 3 heteroatoms. The fourth-order valence-corrected chi connectivity index (χ4v) is 0.637. The van der Waals surface area contributed by atoms with E-state index in [4.69, 9.17) is 9.84 Å². The second-order valence-corrected chi connectivity index (χ2v) is 2.10. The topological polar surface area (TPSA) is 41.5 Å². The number of aliphatic hydroxyl groups excluding tert-OH is 1. The van der Waals surface area contributed by atoms with Crippen molar-refractivity contribution in [3.8, 4) is 0 Å². The highest BCUT2D eigenvalue weighted by atomic mass is 16.5. The molecule has 0 spiro atoms. The average molecular weight is 169 g/mol. The lowest BCUT2D eigenvalue weighted by Crippen LogP contribution is -1.92. The van der Waals surface area contributed by atoms with Crippen LogP contribution in [0.5, 0.6) is 0 Å². The summed E-state index contributed by atoms with van der Waals surface area (Å²) in [4.78, 5) is 0. The average Bonchev–Trinajstić information content (AvgIpc) is 2.10. The molecule has 0 saturated heterocycles. The third-order valence-electron chi connectivity index (χ3n) is 1.20. The minimum atomic E-state index is 0.535. The Balaban J connectivity index is 4.11. The van der Waals surface area contributed by atoms with Gasteiger partial charge in [0.15, 0.2) is 0 Å². The molecule has 0 atom stereocenters. The van der Waals surface area contributed by atoms with Gasteiger partial charge in [0, 0.05) is 14.2 Å². The van der Waals surface area contributed by atoms with Gasteiger partial charge in [0.25, 0.3) is 0 Å². The highest BCUT2D eigenvalue weighted by Crippen LogP contribution is 1.97. The fraction of sp³-hybridized carbons (Fsp3) is 0.333. The molecular formula is C9H15NO2. The summed E-state index contributed by atoms with van der Waals surface area (Å²) in [5.41, 5.74) is 0.897. The molecule has 0 saturated carbocycles. The van der Waals surface area contributed by atoms with Crippen molar-refractivity contribution >= 4 is 0 Å². The molecule has 0 fully saturated rings. The number of hydrogen-bond donors (Lipinski definition) is 2. The second kappa shape index (κ2) is 7.88. The molecule has 0 aliphatic rings.